The first-order chi connectivity index (χ1) is 6.16. The third kappa shape index (κ3) is 2.57. The van der Waals surface area contributed by atoms with Crippen molar-refractivity contribution in [3.8, 4) is 0 Å². The van der Waals surface area contributed by atoms with E-state index in [2.05, 4.69) is 27.7 Å². The number of rotatable bonds is 4. The molecular formula is C12H19S. The first-order valence-corrected chi connectivity index (χ1v) is 5.83. The van der Waals surface area contributed by atoms with Gasteiger partial charge in [-0.2, -0.15) is 0 Å². The first-order valence-electron chi connectivity index (χ1n) is 5.01. The molecule has 0 bridgehead atoms. The van der Waals surface area contributed by atoms with E-state index in [1.54, 1.807) is 5.56 Å². The van der Waals surface area contributed by atoms with Crippen LogP contribution in [-0.2, 0) is 6.42 Å². The molecular weight excluding hydrogens is 176 g/mol. The van der Waals surface area contributed by atoms with Gasteiger partial charge in [-0.25, -0.2) is 0 Å². The Balaban J connectivity index is 2.64. The Hall–Kier alpha value is -0.300. The molecule has 0 amide bonds. The summed E-state index contributed by atoms with van der Waals surface area (Å²) in [5.41, 5.74) is 3.11. The van der Waals surface area contributed by atoms with Crippen molar-refractivity contribution in [2.75, 3.05) is 0 Å². The van der Waals surface area contributed by atoms with Crippen molar-refractivity contribution in [3.05, 3.63) is 27.8 Å². The molecule has 0 aromatic carbocycles. The number of thiophene rings is 1. The zero-order chi connectivity index (χ0) is 9.84. The van der Waals surface area contributed by atoms with Crippen molar-refractivity contribution < 1.29 is 0 Å². The fraction of sp³-hybridized carbons (Fsp3) is 0.583. The SMILES string of the molecule is [CH2]CCCCc1c(C)sc(C)c1C. The van der Waals surface area contributed by atoms with E-state index in [4.69, 9.17) is 0 Å². The first kappa shape index (κ1) is 10.8. The van der Waals surface area contributed by atoms with Gasteiger partial charge in [-0.15, -0.1) is 11.3 Å². The summed E-state index contributed by atoms with van der Waals surface area (Å²) in [6, 6.07) is 0. The topological polar surface area (TPSA) is 0 Å². The smallest absolute Gasteiger partial charge is 0.00517 e. The summed E-state index contributed by atoms with van der Waals surface area (Å²) in [5.74, 6) is 0. The second-order valence-electron chi connectivity index (χ2n) is 3.63. The average molecular weight is 195 g/mol. The maximum Gasteiger partial charge on any atom is 0.00517 e. The summed E-state index contributed by atoms with van der Waals surface area (Å²) in [4.78, 5) is 3.00. The molecule has 13 heavy (non-hydrogen) atoms. The highest BCUT2D eigenvalue weighted by molar-refractivity contribution is 7.12. The highest BCUT2D eigenvalue weighted by Crippen LogP contribution is 2.27. The molecule has 0 unspecified atom stereocenters. The molecule has 1 radical (unpaired) electrons. The van der Waals surface area contributed by atoms with Gasteiger partial charge in [0, 0.05) is 9.75 Å². The monoisotopic (exact) mass is 195 g/mol. The third-order valence-electron chi connectivity index (χ3n) is 2.64. The minimum Gasteiger partial charge on any atom is -0.145 e. The number of hydrogen-bond acceptors (Lipinski definition) is 1. The Morgan fingerprint density at radius 2 is 1.77 bits per heavy atom. The van der Waals surface area contributed by atoms with Crippen LogP contribution in [0.25, 0.3) is 0 Å². The van der Waals surface area contributed by atoms with Crippen LogP contribution in [0.1, 0.15) is 40.1 Å². The number of aryl methyl sites for hydroxylation is 2. The summed E-state index contributed by atoms with van der Waals surface area (Å²) in [6.45, 7) is 10.6. The average Bonchev–Trinajstić information content (AvgIpc) is 2.32. The molecule has 0 atom stereocenters. The Morgan fingerprint density at radius 1 is 1.08 bits per heavy atom. The molecule has 0 saturated heterocycles. The molecule has 1 aromatic rings. The van der Waals surface area contributed by atoms with Crippen LogP contribution in [0.2, 0.25) is 0 Å². The molecule has 73 valence electrons. The Kier molecular flexibility index (Phi) is 3.98. The third-order valence-corrected chi connectivity index (χ3v) is 3.80. The van der Waals surface area contributed by atoms with E-state index in [0.29, 0.717) is 0 Å². The standard InChI is InChI=1S/C12H19S/c1-5-6-7-8-12-9(2)10(3)13-11(12)4/h1,5-8H2,2-4H3. The van der Waals surface area contributed by atoms with Crippen molar-refractivity contribution >= 4 is 11.3 Å². The molecule has 0 aliphatic rings. The van der Waals surface area contributed by atoms with Crippen LogP contribution in [0.15, 0.2) is 0 Å². The molecule has 0 saturated carbocycles. The molecule has 1 heteroatoms. The van der Waals surface area contributed by atoms with Crippen LogP contribution >= 0.6 is 11.3 Å². The Labute approximate surface area is 86.0 Å². The normalized spacial score (nSPS) is 10.8. The molecule has 1 rings (SSSR count). The Morgan fingerprint density at radius 3 is 2.23 bits per heavy atom. The highest BCUT2D eigenvalue weighted by Gasteiger charge is 2.07. The summed E-state index contributed by atoms with van der Waals surface area (Å²) >= 11 is 1.94. The quantitative estimate of drug-likeness (QED) is 0.631. The molecule has 0 aliphatic heterocycles. The van der Waals surface area contributed by atoms with E-state index in [9.17, 15) is 0 Å². The summed E-state index contributed by atoms with van der Waals surface area (Å²) in [7, 11) is 0. The predicted octanol–water partition coefficient (Wildman–Crippen LogP) is 4.22. The van der Waals surface area contributed by atoms with Gasteiger partial charge < -0.3 is 0 Å². The van der Waals surface area contributed by atoms with Crippen molar-refractivity contribution in [1.82, 2.24) is 0 Å². The highest BCUT2D eigenvalue weighted by atomic mass is 32.1. The minimum atomic E-state index is 1.07. The molecule has 0 aliphatic carbocycles. The fourth-order valence-corrected chi connectivity index (χ4v) is 2.80. The van der Waals surface area contributed by atoms with Crippen LogP contribution in [0.5, 0.6) is 0 Å². The van der Waals surface area contributed by atoms with Crippen LogP contribution in [0.3, 0.4) is 0 Å². The van der Waals surface area contributed by atoms with E-state index in [-0.39, 0.29) is 0 Å². The van der Waals surface area contributed by atoms with Crippen molar-refractivity contribution in [3.63, 3.8) is 0 Å². The van der Waals surface area contributed by atoms with Crippen LogP contribution < -0.4 is 0 Å². The van der Waals surface area contributed by atoms with Gasteiger partial charge in [0.2, 0.25) is 0 Å². The number of hydrogen-bond donors (Lipinski definition) is 0. The van der Waals surface area contributed by atoms with E-state index in [1.807, 2.05) is 11.3 Å². The summed E-state index contributed by atoms with van der Waals surface area (Å²) in [5, 5.41) is 0. The predicted molar refractivity (Wildman–Crippen MR) is 61.4 cm³/mol. The molecule has 0 spiro atoms. The molecule has 0 nitrogen and oxygen atoms in total. The van der Waals surface area contributed by atoms with E-state index >= 15 is 0 Å². The van der Waals surface area contributed by atoms with Crippen molar-refractivity contribution in [2.24, 2.45) is 0 Å². The van der Waals surface area contributed by atoms with Gasteiger partial charge in [0.25, 0.3) is 0 Å². The maximum absolute atomic E-state index is 3.87. The lowest BCUT2D eigenvalue weighted by atomic mass is 10.0. The van der Waals surface area contributed by atoms with Gasteiger partial charge >= 0.3 is 0 Å². The van der Waals surface area contributed by atoms with Crippen molar-refractivity contribution in [1.29, 1.82) is 0 Å². The van der Waals surface area contributed by atoms with Gasteiger partial charge in [0.1, 0.15) is 0 Å². The molecule has 0 N–H and O–H groups in total. The Bertz CT molecular complexity index is 271. The molecule has 1 heterocycles. The minimum absolute atomic E-state index is 1.07. The lowest BCUT2D eigenvalue weighted by molar-refractivity contribution is 0.743. The number of unbranched alkanes of at least 4 members (excludes halogenated alkanes) is 2. The van der Waals surface area contributed by atoms with Crippen LogP contribution in [0, 0.1) is 27.7 Å². The van der Waals surface area contributed by atoms with Crippen LogP contribution in [0.4, 0.5) is 0 Å². The largest absolute Gasteiger partial charge is 0.145 e. The van der Waals surface area contributed by atoms with E-state index in [1.165, 1.54) is 34.6 Å². The van der Waals surface area contributed by atoms with E-state index in [0.717, 1.165) is 6.42 Å². The zero-order valence-electron chi connectivity index (χ0n) is 8.94. The van der Waals surface area contributed by atoms with Gasteiger partial charge in [-0.05, 0) is 44.7 Å². The lowest BCUT2D eigenvalue weighted by Gasteiger charge is -2.01. The second kappa shape index (κ2) is 4.80. The molecule has 1 aromatic heterocycles. The van der Waals surface area contributed by atoms with Crippen LogP contribution in [-0.4, -0.2) is 0 Å². The molecule has 0 fully saturated rings. The lowest BCUT2D eigenvalue weighted by Crippen LogP contribution is -1.88. The second-order valence-corrected chi connectivity index (χ2v) is 5.06. The summed E-state index contributed by atoms with van der Waals surface area (Å²) < 4.78 is 0. The fourth-order valence-electron chi connectivity index (χ4n) is 1.69. The van der Waals surface area contributed by atoms with Gasteiger partial charge in [-0.1, -0.05) is 19.8 Å². The van der Waals surface area contributed by atoms with Crippen molar-refractivity contribution in [2.45, 2.75) is 46.5 Å². The van der Waals surface area contributed by atoms with E-state index < -0.39 is 0 Å². The van der Waals surface area contributed by atoms with Gasteiger partial charge in [0.15, 0.2) is 0 Å². The summed E-state index contributed by atoms with van der Waals surface area (Å²) in [6.07, 6.45) is 4.87. The van der Waals surface area contributed by atoms with Gasteiger partial charge in [0.05, 0.1) is 0 Å². The zero-order valence-corrected chi connectivity index (χ0v) is 9.76. The maximum atomic E-state index is 3.87. The van der Waals surface area contributed by atoms with Gasteiger partial charge in [-0.3, -0.25) is 0 Å².